The van der Waals surface area contributed by atoms with Crippen molar-refractivity contribution in [2.75, 3.05) is 19.8 Å². The molecule has 1 aliphatic rings. The lowest BCUT2D eigenvalue weighted by atomic mass is 9.95. The number of hydrogen-bond acceptors (Lipinski definition) is 6. The number of aliphatic hydroxyl groups excluding tert-OH is 1. The number of nitrogens with zero attached hydrogens (tertiary/aromatic N) is 3. The van der Waals surface area contributed by atoms with E-state index in [2.05, 4.69) is 4.98 Å². The van der Waals surface area contributed by atoms with E-state index in [0.29, 0.717) is 49.8 Å². The molecule has 1 aliphatic heterocycles. The van der Waals surface area contributed by atoms with Crippen molar-refractivity contribution in [2.24, 2.45) is 0 Å². The molecule has 1 amide bonds. The number of aromatic nitrogens is 2. The van der Waals surface area contributed by atoms with E-state index in [1.807, 2.05) is 36.7 Å². The number of aliphatic hydroxyl groups is 1. The number of rotatable bonds is 10. The smallest absolute Gasteiger partial charge is 0.295 e. The fourth-order valence-electron chi connectivity index (χ4n) is 4.24. The number of ketones is 1. The Morgan fingerprint density at radius 3 is 2.14 bits per heavy atom. The standard InChI is InChI=1S/C27H29N3O5/c1-3-34-21-10-6-19(7-11-21)24-23(25(31)20-8-12-22(13-9-20)35-4-2)26(32)27(33)30(24)16-5-15-29-17-14-28-18-29/h6-14,17-18,24,31H,3-5,15-16H2,1-2H3. The number of benzene rings is 2. The molecule has 2 aromatic carbocycles. The van der Waals surface area contributed by atoms with Gasteiger partial charge in [0.05, 0.1) is 31.2 Å². The van der Waals surface area contributed by atoms with E-state index in [1.54, 1.807) is 48.9 Å². The van der Waals surface area contributed by atoms with Crippen LogP contribution in [-0.2, 0) is 16.1 Å². The minimum atomic E-state index is -0.708. The fourth-order valence-corrected chi connectivity index (χ4v) is 4.24. The van der Waals surface area contributed by atoms with Crippen LogP contribution in [0.1, 0.15) is 37.4 Å². The van der Waals surface area contributed by atoms with Gasteiger partial charge in [0.25, 0.3) is 11.7 Å². The van der Waals surface area contributed by atoms with Crippen molar-refractivity contribution in [2.45, 2.75) is 32.9 Å². The molecule has 1 unspecified atom stereocenters. The molecule has 0 spiro atoms. The highest BCUT2D eigenvalue weighted by atomic mass is 16.5. The Balaban J connectivity index is 1.70. The van der Waals surface area contributed by atoms with Gasteiger partial charge in [-0.25, -0.2) is 4.98 Å². The van der Waals surface area contributed by atoms with Gasteiger partial charge < -0.3 is 24.0 Å². The molecule has 35 heavy (non-hydrogen) atoms. The second-order valence-electron chi connectivity index (χ2n) is 8.11. The van der Waals surface area contributed by atoms with Gasteiger partial charge in [0.2, 0.25) is 0 Å². The third-order valence-corrected chi connectivity index (χ3v) is 5.86. The molecule has 3 aromatic rings. The molecule has 1 saturated heterocycles. The summed E-state index contributed by atoms with van der Waals surface area (Å²) in [5.74, 6) is -0.172. The first-order valence-electron chi connectivity index (χ1n) is 11.7. The van der Waals surface area contributed by atoms with Crippen molar-refractivity contribution < 1.29 is 24.2 Å². The molecule has 1 N–H and O–H groups in total. The molecule has 1 atom stereocenters. The van der Waals surface area contributed by atoms with Crippen LogP contribution >= 0.6 is 0 Å². The van der Waals surface area contributed by atoms with Crippen LogP contribution < -0.4 is 9.47 Å². The number of ether oxygens (including phenoxy) is 2. The lowest BCUT2D eigenvalue weighted by Gasteiger charge is -2.25. The summed E-state index contributed by atoms with van der Waals surface area (Å²) in [5, 5.41) is 11.2. The molecule has 4 rings (SSSR count). The normalized spacial score (nSPS) is 17.1. The van der Waals surface area contributed by atoms with E-state index in [-0.39, 0.29) is 11.3 Å². The van der Waals surface area contributed by atoms with Crippen LogP contribution in [0.5, 0.6) is 11.5 Å². The predicted molar refractivity (Wildman–Crippen MR) is 131 cm³/mol. The van der Waals surface area contributed by atoms with E-state index in [1.165, 1.54) is 4.90 Å². The van der Waals surface area contributed by atoms with Gasteiger partial charge in [-0.15, -0.1) is 0 Å². The Morgan fingerprint density at radius 2 is 1.57 bits per heavy atom. The van der Waals surface area contributed by atoms with Gasteiger partial charge in [0.15, 0.2) is 0 Å². The van der Waals surface area contributed by atoms with Crippen molar-refractivity contribution in [3.63, 3.8) is 0 Å². The lowest BCUT2D eigenvalue weighted by molar-refractivity contribution is -0.139. The monoisotopic (exact) mass is 475 g/mol. The first-order chi connectivity index (χ1) is 17.0. The molecular weight excluding hydrogens is 446 g/mol. The van der Waals surface area contributed by atoms with Crippen LogP contribution in [0.3, 0.4) is 0 Å². The van der Waals surface area contributed by atoms with Crippen LogP contribution in [0, 0.1) is 0 Å². The maximum atomic E-state index is 13.2. The molecule has 8 nitrogen and oxygen atoms in total. The molecule has 0 radical (unpaired) electrons. The first kappa shape index (κ1) is 24.1. The van der Waals surface area contributed by atoms with E-state index in [4.69, 9.17) is 9.47 Å². The Hall–Kier alpha value is -4.07. The molecule has 0 aliphatic carbocycles. The molecule has 2 heterocycles. The predicted octanol–water partition coefficient (Wildman–Crippen LogP) is 4.19. The highest BCUT2D eigenvalue weighted by Gasteiger charge is 2.45. The SMILES string of the molecule is CCOc1ccc(C(O)=C2C(=O)C(=O)N(CCCn3ccnc3)C2c2ccc(OCC)cc2)cc1. The highest BCUT2D eigenvalue weighted by molar-refractivity contribution is 6.46. The minimum Gasteiger partial charge on any atom is -0.507 e. The van der Waals surface area contributed by atoms with Crippen molar-refractivity contribution in [3.05, 3.63) is 84.0 Å². The van der Waals surface area contributed by atoms with Gasteiger partial charge >= 0.3 is 0 Å². The molecule has 0 bridgehead atoms. The number of carbonyl (C=O) groups is 2. The van der Waals surface area contributed by atoms with Gasteiger partial charge in [-0.05, 0) is 62.2 Å². The Labute approximate surface area is 204 Å². The van der Waals surface area contributed by atoms with E-state index >= 15 is 0 Å². The molecule has 1 aromatic heterocycles. The van der Waals surface area contributed by atoms with Crippen molar-refractivity contribution in [1.82, 2.24) is 14.5 Å². The minimum absolute atomic E-state index is 0.0750. The van der Waals surface area contributed by atoms with Gasteiger partial charge in [-0.1, -0.05) is 12.1 Å². The Kier molecular flexibility index (Phi) is 7.50. The zero-order valence-electron chi connectivity index (χ0n) is 19.9. The summed E-state index contributed by atoms with van der Waals surface area (Å²) in [6.45, 7) is 5.84. The summed E-state index contributed by atoms with van der Waals surface area (Å²) in [7, 11) is 0. The van der Waals surface area contributed by atoms with E-state index in [9.17, 15) is 14.7 Å². The summed E-state index contributed by atoms with van der Waals surface area (Å²) < 4.78 is 12.9. The van der Waals surface area contributed by atoms with Crippen LogP contribution in [-0.4, -0.2) is 51.0 Å². The van der Waals surface area contributed by atoms with Gasteiger partial charge in [-0.3, -0.25) is 9.59 Å². The second-order valence-corrected chi connectivity index (χ2v) is 8.11. The Morgan fingerprint density at radius 1 is 0.943 bits per heavy atom. The van der Waals surface area contributed by atoms with Crippen LogP contribution in [0.2, 0.25) is 0 Å². The molecule has 1 fully saturated rings. The number of hydrogen-bond donors (Lipinski definition) is 1. The van der Waals surface area contributed by atoms with Crippen molar-refractivity contribution in [3.8, 4) is 11.5 Å². The van der Waals surface area contributed by atoms with Gasteiger partial charge in [-0.2, -0.15) is 0 Å². The molecule has 8 heteroatoms. The van der Waals surface area contributed by atoms with Crippen molar-refractivity contribution >= 4 is 17.4 Å². The van der Waals surface area contributed by atoms with E-state index in [0.717, 1.165) is 5.56 Å². The second kappa shape index (κ2) is 10.9. The quantitative estimate of drug-likeness (QED) is 0.268. The largest absolute Gasteiger partial charge is 0.507 e. The summed E-state index contributed by atoms with van der Waals surface area (Å²) in [5.41, 5.74) is 1.24. The summed E-state index contributed by atoms with van der Waals surface area (Å²) in [6.07, 6.45) is 5.89. The third-order valence-electron chi connectivity index (χ3n) is 5.86. The molecule has 182 valence electrons. The lowest BCUT2D eigenvalue weighted by Crippen LogP contribution is -2.31. The maximum Gasteiger partial charge on any atom is 0.295 e. The topological polar surface area (TPSA) is 93.9 Å². The summed E-state index contributed by atoms with van der Waals surface area (Å²) >= 11 is 0. The average molecular weight is 476 g/mol. The number of Topliss-reactive ketones (excluding diaryl/α,β-unsaturated/α-hetero) is 1. The summed E-state index contributed by atoms with van der Waals surface area (Å²) in [6, 6.07) is 13.4. The third kappa shape index (κ3) is 5.21. The van der Waals surface area contributed by atoms with Gasteiger partial charge in [0, 0.05) is 31.0 Å². The number of aryl methyl sites for hydroxylation is 1. The fraction of sp³-hybridized carbons (Fsp3) is 0.296. The Bertz CT molecular complexity index is 1180. The van der Waals surface area contributed by atoms with Crippen LogP contribution in [0.4, 0.5) is 0 Å². The number of amides is 1. The zero-order valence-corrected chi connectivity index (χ0v) is 19.9. The number of carbonyl (C=O) groups excluding carboxylic acids is 2. The molecule has 0 saturated carbocycles. The number of imidazole rings is 1. The summed E-state index contributed by atoms with van der Waals surface area (Å²) in [4.78, 5) is 31.9. The maximum absolute atomic E-state index is 13.2. The number of likely N-dealkylation sites (tertiary alicyclic amines) is 1. The zero-order chi connectivity index (χ0) is 24.8. The van der Waals surface area contributed by atoms with Crippen molar-refractivity contribution in [1.29, 1.82) is 0 Å². The molecular formula is C27H29N3O5. The first-order valence-corrected chi connectivity index (χ1v) is 11.7. The van der Waals surface area contributed by atoms with E-state index < -0.39 is 17.7 Å². The van der Waals surface area contributed by atoms with Crippen LogP contribution in [0.25, 0.3) is 5.76 Å². The van der Waals surface area contributed by atoms with Crippen LogP contribution in [0.15, 0.2) is 72.8 Å². The van der Waals surface area contributed by atoms with Gasteiger partial charge in [0.1, 0.15) is 17.3 Å². The highest BCUT2D eigenvalue weighted by Crippen LogP contribution is 2.40. The average Bonchev–Trinajstić information content (AvgIpc) is 3.47.